The Labute approximate surface area is 109 Å². The van der Waals surface area contributed by atoms with E-state index in [1.54, 1.807) is 32.2 Å². The fourth-order valence-electron chi connectivity index (χ4n) is 1.81. The number of nitrogens with one attached hydrogen (secondary N) is 2. The molecule has 6 heteroatoms. The van der Waals surface area contributed by atoms with Crippen LogP contribution in [0, 0.1) is 13.8 Å². The Morgan fingerprint density at radius 3 is 2.74 bits per heavy atom. The molecule has 0 fully saturated rings. The van der Waals surface area contributed by atoms with Crippen molar-refractivity contribution in [2.45, 2.75) is 13.8 Å². The number of carbonyl (C=O) groups is 2. The number of amides is 1. The summed E-state index contributed by atoms with van der Waals surface area (Å²) in [6.07, 6.45) is 3.05. The lowest BCUT2D eigenvalue weighted by molar-refractivity contribution is 0.0697. The number of carboxylic acids is 1. The van der Waals surface area contributed by atoms with Gasteiger partial charge in [0.1, 0.15) is 5.56 Å². The van der Waals surface area contributed by atoms with E-state index in [1.165, 1.54) is 6.20 Å². The average Bonchev–Trinajstić information content (AvgIpc) is 2.70. The third-order valence-electron chi connectivity index (χ3n) is 2.79. The number of aryl methyl sites for hydroxylation is 2. The molecular weight excluding hydrogens is 246 g/mol. The zero-order chi connectivity index (χ0) is 14.0. The molecule has 2 rings (SSSR count). The van der Waals surface area contributed by atoms with Crippen molar-refractivity contribution >= 4 is 17.6 Å². The number of aromatic amines is 1. The van der Waals surface area contributed by atoms with Crippen LogP contribution in [-0.2, 0) is 0 Å². The number of hydrogen-bond acceptors (Lipinski definition) is 3. The lowest BCUT2D eigenvalue weighted by atomic mass is 10.1. The maximum atomic E-state index is 12.1. The van der Waals surface area contributed by atoms with Gasteiger partial charge >= 0.3 is 5.97 Å². The number of aromatic carboxylic acids is 1. The molecule has 0 aliphatic heterocycles. The molecule has 0 spiro atoms. The van der Waals surface area contributed by atoms with E-state index in [0.717, 1.165) is 0 Å². The Hall–Kier alpha value is -2.63. The predicted molar refractivity (Wildman–Crippen MR) is 69.4 cm³/mol. The van der Waals surface area contributed by atoms with E-state index < -0.39 is 5.97 Å². The smallest absolute Gasteiger partial charge is 0.339 e. The summed E-state index contributed by atoms with van der Waals surface area (Å²) in [6, 6.07) is 3.29. The highest BCUT2D eigenvalue weighted by atomic mass is 16.4. The molecule has 0 saturated heterocycles. The van der Waals surface area contributed by atoms with Gasteiger partial charge in [-0.2, -0.15) is 0 Å². The van der Waals surface area contributed by atoms with Crippen LogP contribution in [0.5, 0.6) is 0 Å². The second-order valence-electron chi connectivity index (χ2n) is 4.10. The number of carbonyl (C=O) groups excluding carboxylic acids is 1. The molecule has 2 heterocycles. The minimum absolute atomic E-state index is 0.0647. The van der Waals surface area contributed by atoms with E-state index in [2.05, 4.69) is 15.3 Å². The highest BCUT2D eigenvalue weighted by molar-refractivity contribution is 6.08. The third kappa shape index (κ3) is 2.47. The lowest BCUT2D eigenvalue weighted by Crippen LogP contribution is -2.15. The zero-order valence-electron chi connectivity index (χ0n) is 10.5. The highest BCUT2D eigenvalue weighted by Crippen LogP contribution is 2.20. The number of rotatable bonds is 3. The molecule has 0 unspecified atom stereocenters. The van der Waals surface area contributed by atoms with Crippen LogP contribution in [0.15, 0.2) is 24.5 Å². The molecule has 6 nitrogen and oxygen atoms in total. The number of carboxylic acid groups (broad SMARTS) is 1. The first-order chi connectivity index (χ1) is 9.00. The second kappa shape index (κ2) is 4.93. The summed E-state index contributed by atoms with van der Waals surface area (Å²) in [5.41, 5.74) is 1.81. The van der Waals surface area contributed by atoms with Crippen molar-refractivity contribution < 1.29 is 14.7 Å². The van der Waals surface area contributed by atoms with Gasteiger partial charge in [-0.05, 0) is 26.0 Å². The van der Waals surface area contributed by atoms with E-state index in [0.29, 0.717) is 17.0 Å². The fraction of sp³-hybridized carbons (Fsp3) is 0.154. The molecule has 0 aromatic carbocycles. The van der Waals surface area contributed by atoms with Gasteiger partial charge in [0, 0.05) is 23.8 Å². The summed E-state index contributed by atoms with van der Waals surface area (Å²) in [7, 11) is 0. The maximum absolute atomic E-state index is 12.1. The largest absolute Gasteiger partial charge is 0.478 e. The van der Waals surface area contributed by atoms with Crippen LogP contribution in [0.1, 0.15) is 32.1 Å². The number of pyridine rings is 1. The Morgan fingerprint density at radius 1 is 1.37 bits per heavy atom. The van der Waals surface area contributed by atoms with Crippen LogP contribution in [0.4, 0.5) is 5.69 Å². The molecular formula is C13H13N3O3. The molecule has 0 atom stereocenters. The molecule has 3 N–H and O–H groups in total. The molecule has 0 saturated carbocycles. The van der Waals surface area contributed by atoms with E-state index in [9.17, 15) is 9.59 Å². The van der Waals surface area contributed by atoms with Gasteiger partial charge in [-0.15, -0.1) is 0 Å². The van der Waals surface area contributed by atoms with Crippen LogP contribution in [0.2, 0.25) is 0 Å². The van der Waals surface area contributed by atoms with Crippen molar-refractivity contribution in [2.75, 3.05) is 5.32 Å². The molecule has 0 bridgehead atoms. The van der Waals surface area contributed by atoms with E-state index in [1.807, 2.05) is 0 Å². The van der Waals surface area contributed by atoms with Crippen LogP contribution < -0.4 is 5.32 Å². The first kappa shape index (κ1) is 12.8. The number of H-pyrrole nitrogens is 1. The SMILES string of the molecule is Cc1ncccc1C(=O)Nc1c[nH]c(C)c1C(=O)O. The average molecular weight is 259 g/mol. The number of hydrogen-bond donors (Lipinski definition) is 3. The maximum Gasteiger partial charge on any atom is 0.339 e. The van der Waals surface area contributed by atoms with E-state index in [4.69, 9.17) is 5.11 Å². The summed E-state index contributed by atoms with van der Waals surface area (Å²) in [4.78, 5) is 30.0. The molecule has 98 valence electrons. The topological polar surface area (TPSA) is 95.1 Å². The van der Waals surface area contributed by atoms with Gasteiger partial charge in [0.2, 0.25) is 0 Å². The number of nitrogens with zero attached hydrogens (tertiary/aromatic N) is 1. The van der Waals surface area contributed by atoms with Crippen molar-refractivity contribution in [1.29, 1.82) is 0 Å². The van der Waals surface area contributed by atoms with Crippen LogP contribution >= 0.6 is 0 Å². The van der Waals surface area contributed by atoms with Crippen molar-refractivity contribution in [3.63, 3.8) is 0 Å². The molecule has 0 radical (unpaired) electrons. The lowest BCUT2D eigenvalue weighted by Gasteiger charge is -2.06. The van der Waals surface area contributed by atoms with Crippen LogP contribution in [0.3, 0.4) is 0 Å². The van der Waals surface area contributed by atoms with Gasteiger partial charge in [0.25, 0.3) is 5.91 Å². The van der Waals surface area contributed by atoms with Crippen molar-refractivity contribution in [3.05, 3.63) is 47.0 Å². The summed E-state index contributed by atoms with van der Waals surface area (Å²) >= 11 is 0. The van der Waals surface area contributed by atoms with Gasteiger partial charge in [0.15, 0.2) is 0 Å². The Balaban J connectivity index is 2.30. The van der Waals surface area contributed by atoms with Crippen molar-refractivity contribution in [2.24, 2.45) is 0 Å². The quantitative estimate of drug-likeness (QED) is 0.785. The minimum Gasteiger partial charge on any atom is -0.478 e. The van der Waals surface area contributed by atoms with Gasteiger partial charge in [-0.25, -0.2) is 4.79 Å². The molecule has 2 aromatic heterocycles. The van der Waals surface area contributed by atoms with Crippen LogP contribution in [-0.4, -0.2) is 27.0 Å². The minimum atomic E-state index is -1.09. The molecule has 0 aliphatic rings. The number of anilines is 1. The van der Waals surface area contributed by atoms with Gasteiger partial charge < -0.3 is 15.4 Å². The Bertz CT molecular complexity index is 646. The Kier molecular flexibility index (Phi) is 3.33. The van der Waals surface area contributed by atoms with Gasteiger partial charge in [-0.3, -0.25) is 9.78 Å². The summed E-state index contributed by atoms with van der Waals surface area (Å²) < 4.78 is 0. The monoisotopic (exact) mass is 259 g/mol. The standard InChI is InChI=1S/C13H13N3O3/c1-7-9(4-3-5-14-7)12(17)16-10-6-15-8(2)11(10)13(18)19/h3-6,15H,1-2H3,(H,16,17)(H,18,19). The van der Waals surface area contributed by atoms with Gasteiger partial charge in [-0.1, -0.05) is 0 Å². The fourth-order valence-corrected chi connectivity index (χ4v) is 1.81. The third-order valence-corrected chi connectivity index (χ3v) is 2.79. The van der Waals surface area contributed by atoms with E-state index >= 15 is 0 Å². The normalized spacial score (nSPS) is 10.2. The number of aromatic nitrogens is 2. The first-order valence-corrected chi connectivity index (χ1v) is 5.65. The predicted octanol–water partition coefficient (Wildman–Crippen LogP) is 1.98. The van der Waals surface area contributed by atoms with Gasteiger partial charge in [0.05, 0.1) is 11.3 Å². The summed E-state index contributed by atoms with van der Waals surface area (Å²) in [5, 5.41) is 11.7. The van der Waals surface area contributed by atoms with E-state index in [-0.39, 0.29) is 17.2 Å². The molecule has 1 amide bonds. The molecule has 19 heavy (non-hydrogen) atoms. The highest BCUT2D eigenvalue weighted by Gasteiger charge is 2.18. The summed E-state index contributed by atoms with van der Waals surface area (Å²) in [5.74, 6) is -1.47. The molecule has 0 aliphatic carbocycles. The van der Waals surface area contributed by atoms with Crippen molar-refractivity contribution in [1.82, 2.24) is 9.97 Å². The first-order valence-electron chi connectivity index (χ1n) is 5.65. The van der Waals surface area contributed by atoms with Crippen molar-refractivity contribution in [3.8, 4) is 0 Å². The Morgan fingerprint density at radius 2 is 2.11 bits per heavy atom. The second-order valence-corrected chi connectivity index (χ2v) is 4.10. The van der Waals surface area contributed by atoms with Crippen LogP contribution in [0.25, 0.3) is 0 Å². The zero-order valence-corrected chi connectivity index (χ0v) is 10.5. The molecule has 2 aromatic rings. The summed E-state index contributed by atoms with van der Waals surface area (Å²) in [6.45, 7) is 3.35.